The Morgan fingerprint density at radius 2 is 2.26 bits per heavy atom. The minimum Gasteiger partial charge on any atom is -0.369 e. The Morgan fingerprint density at radius 3 is 2.89 bits per heavy atom. The first-order valence-corrected chi connectivity index (χ1v) is 6.16. The van der Waals surface area contributed by atoms with E-state index in [1.54, 1.807) is 0 Å². The van der Waals surface area contributed by atoms with Crippen molar-refractivity contribution >= 4 is 34.5 Å². The lowest BCUT2D eigenvalue weighted by Crippen LogP contribution is -2.33. The number of nitrogens with two attached hydrogens (primary N) is 1. The number of hydrogen-bond donors (Lipinski definition) is 2. The number of amides is 1. The van der Waals surface area contributed by atoms with Crippen LogP contribution >= 0.6 is 11.6 Å². The zero-order chi connectivity index (χ0) is 14.2. The average molecular weight is 285 g/mol. The highest BCUT2D eigenvalue weighted by Gasteiger charge is 2.14. The second kappa shape index (κ2) is 5.05. The normalized spacial score (nSPS) is 11.2. The highest BCUT2D eigenvalue weighted by Crippen LogP contribution is 2.24. The van der Waals surface area contributed by atoms with E-state index in [1.165, 1.54) is 16.7 Å². The van der Waals surface area contributed by atoms with Crippen molar-refractivity contribution in [1.29, 1.82) is 0 Å². The fourth-order valence-electron chi connectivity index (χ4n) is 1.82. The minimum absolute atomic E-state index is 0.0123. The highest BCUT2D eigenvalue weighted by atomic mass is 35.5. The van der Waals surface area contributed by atoms with Gasteiger partial charge in [-0.15, -0.1) is 0 Å². The molecule has 0 aliphatic heterocycles. The molecular weight excluding hydrogens is 271 g/mol. The summed E-state index contributed by atoms with van der Waals surface area (Å²) in [5.41, 5.74) is 6.64. The third kappa shape index (κ3) is 2.78. The summed E-state index contributed by atoms with van der Waals surface area (Å²) in [4.78, 5) is 15.8. The molecule has 1 heterocycles. The van der Waals surface area contributed by atoms with Crippen LogP contribution < -0.4 is 11.1 Å². The molecule has 2 rings (SSSR count). The van der Waals surface area contributed by atoms with Gasteiger partial charge < -0.3 is 15.6 Å². The number of rotatable bonds is 3. The highest BCUT2D eigenvalue weighted by molar-refractivity contribution is 6.31. The summed E-state index contributed by atoms with van der Waals surface area (Å²) in [5, 5.41) is 2.71. The van der Waals surface area contributed by atoms with Crippen LogP contribution in [0.25, 0.3) is 11.0 Å². The minimum atomic E-state index is -0.570. The first-order valence-electron chi connectivity index (χ1n) is 5.78. The van der Waals surface area contributed by atoms with Crippen LogP contribution in [0.3, 0.4) is 0 Å². The summed E-state index contributed by atoms with van der Waals surface area (Å²) in [5.74, 6) is -0.633. The standard InChI is InChI=1S/C12H14ClFN4O/c1-6(2)16-11(19)5-18-10-4-8(14)7(13)3-9(10)17-12(18)15/h3-4,6H,5H2,1-2H3,(H2,15,17)(H,16,19). The Bertz CT molecular complexity index is 638. The number of imidazole rings is 1. The first kappa shape index (κ1) is 13.6. The third-order valence-electron chi connectivity index (χ3n) is 2.57. The van der Waals surface area contributed by atoms with E-state index in [4.69, 9.17) is 17.3 Å². The van der Waals surface area contributed by atoms with Crippen molar-refractivity contribution in [3.05, 3.63) is 23.0 Å². The lowest BCUT2D eigenvalue weighted by atomic mass is 10.3. The lowest BCUT2D eigenvalue weighted by Gasteiger charge is -2.10. The third-order valence-corrected chi connectivity index (χ3v) is 2.86. The van der Waals surface area contributed by atoms with Crippen LogP contribution in [0, 0.1) is 5.82 Å². The van der Waals surface area contributed by atoms with Crippen LogP contribution in [0.5, 0.6) is 0 Å². The van der Waals surface area contributed by atoms with Crippen molar-refractivity contribution in [1.82, 2.24) is 14.9 Å². The smallest absolute Gasteiger partial charge is 0.240 e. The molecule has 0 atom stereocenters. The number of fused-ring (bicyclic) bond motifs is 1. The second-order valence-corrected chi connectivity index (χ2v) is 4.94. The van der Waals surface area contributed by atoms with Gasteiger partial charge in [0.15, 0.2) is 0 Å². The van der Waals surface area contributed by atoms with Crippen molar-refractivity contribution in [2.45, 2.75) is 26.4 Å². The number of hydrogen-bond acceptors (Lipinski definition) is 3. The van der Waals surface area contributed by atoms with Gasteiger partial charge in [0.2, 0.25) is 11.9 Å². The molecule has 1 aromatic carbocycles. The van der Waals surface area contributed by atoms with Crippen LogP contribution in [-0.4, -0.2) is 21.5 Å². The molecule has 7 heteroatoms. The van der Waals surface area contributed by atoms with Crippen LogP contribution in [0.2, 0.25) is 5.02 Å². The van der Waals surface area contributed by atoms with Gasteiger partial charge in [0.05, 0.1) is 16.1 Å². The summed E-state index contributed by atoms with van der Waals surface area (Å²) in [7, 11) is 0. The number of carbonyl (C=O) groups is 1. The van der Waals surface area contributed by atoms with Gasteiger partial charge in [0.25, 0.3) is 0 Å². The molecule has 0 bridgehead atoms. The van der Waals surface area contributed by atoms with Gasteiger partial charge in [-0.3, -0.25) is 4.79 Å². The molecule has 0 aliphatic rings. The molecule has 0 saturated heterocycles. The molecular formula is C12H14ClFN4O. The van der Waals surface area contributed by atoms with Crippen molar-refractivity contribution in [2.75, 3.05) is 5.73 Å². The van der Waals surface area contributed by atoms with Gasteiger partial charge in [-0.2, -0.15) is 0 Å². The zero-order valence-corrected chi connectivity index (χ0v) is 11.3. The number of anilines is 1. The maximum atomic E-state index is 13.5. The maximum absolute atomic E-state index is 13.5. The van der Waals surface area contributed by atoms with Gasteiger partial charge in [0.1, 0.15) is 12.4 Å². The predicted octanol–water partition coefficient (Wildman–Crippen LogP) is 1.94. The average Bonchev–Trinajstić information content (AvgIpc) is 2.56. The summed E-state index contributed by atoms with van der Waals surface area (Å²) < 4.78 is 14.9. The molecule has 0 unspecified atom stereocenters. The Labute approximate surface area is 114 Å². The molecule has 1 aromatic heterocycles. The van der Waals surface area contributed by atoms with E-state index < -0.39 is 5.82 Å². The molecule has 102 valence electrons. The van der Waals surface area contributed by atoms with Crippen LogP contribution in [0.1, 0.15) is 13.8 Å². The number of nitrogen functional groups attached to an aromatic ring is 1. The monoisotopic (exact) mass is 284 g/mol. The Balaban J connectivity index is 2.40. The van der Waals surface area contributed by atoms with E-state index in [-0.39, 0.29) is 29.5 Å². The van der Waals surface area contributed by atoms with Crippen molar-refractivity contribution in [3.8, 4) is 0 Å². The summed E-state index contributed by atoms with van der Waals surface area (Å²) in [6.45, 7) is 3.70. The van der Waals surface area contributed by atoms with E-state index in [0.29, 0.717) is 11.0 Å². The molecule has 0 spiro atoms. The summed E-state index contributed by atoms with van der Waals surface area (Å²) in [6.07, 6.45) is 0. The van der Waals surface area contributed by atoms with E-state index >= 15 is 0 Å². The second-order valence-electron chi connectivity index (χ2n) is 4.53. The van der Waals surface area contributed by atoms with Crippen LogP contribution in [0.4, 0.5) is 10.3 Å². The van der Waals surface area contributed by atoms with Gasteiger partial charge in [0, 0.05) is 12.1 Å². The van der Waals surface area contributed by atoms with Gasteiger partial charge >= 0.3 is 0 Å². The van der Waals surface area contributed by atoms with Crippen LogP contribution in [-0.2, 0) is 11.3 Å². The largest absolute Gasteiger partial charge is 0.369 e. The Hall–Kier alpha value is -1.82. The number of benzene rings is 1. The number of nitrogens with one attached hydrogen (secondary N) is 1. The quantitative estimate of drug-likeness (QED) is 0.904. The van der Waals surface area contributed by atoms with Crippen LogP contribution in [0.15, 0.2) is 12.1 Å². The molecule has 1 amide bonds. The van der Waals surface area contributed by atoms with Gasteiger partial charge in [-0.1, -0.05) is 11.6 Å². The maximum Gasteiger partial charge on any atom is 0.240 e. The molecule has 0 aliphatic carbocycles. The van der Waals surface area contributed by atoms with Crippen molar-refractivity contribution in [3.63, 3.8) is 0 Å². The summed E-state index contributed by atoms with van der Waals surface area (Å²) in [6, 6.07) is 2.64. The number of aromatic nitrogens is 2. The van der Waals surface area contributed by atoms with Gasteiger partial charge in [-0.05, 0) is 19.9 Å². The zero-order valence-electron chi connectivity index (χ0n) is 10.6. The Kier molecular flexibility index (Phi) is 3.61. The molecule has 3 N–H and O–H groups in total. The first-order chi connectivity index (χ1) is 8.88. The van der Waals surface area contributed by atoms with Crippen molar-refractivity contribution in [2.24, 2.45) is 0 Å². The molecule has 0 fully saturated rings. The molecule has 0 saturated carbocycles. The van der Waals surface area contributed by atoms with E-state index in [0.717, 1.165) is 0 Å². The summed E-state index contributed by atoms with van der Waals surface area (Å²) >= 11 is 5.68. The molecule has 19 heavy (non-hydrogen) atoms. The number of nitrogens with zero attached hydrogens (tertiary/aromatic N) is 2. The fraction of sp³-hybridized carbons (Fsp3) is 0.333. The molecule has 2 aromatic rings. The predicted molar refractivity (Wildman–Crippen MR) is 72.4 cm³/mol. The molecule has 5 nitrogen and oxygen atoms in total. The van der Waals surface area contributed by atoms with E-state index in [9.17, 15) is 9.18 Å². The fourth-order valence-corrected chi connectivity index (χ4v) is 1.97. The van der Waals surface area contributed by atoms with Gasteiger partial charge in [-0.25, -0.2) is 9.37 Å². The lowest BCUT2D eigenvalue weighted by molar-refractivity contribution is -0.122. The van der Waals surface area contributed by atoms with E-state index in [1.807, 2.05) is 13.8 Å². The van der Waals surface area contributed by atoms with Crippen molar-refractivity contribution < 1.29 is 9.18 Å². The number of carbonyl (C=O) groups excluding carboxylic acids is 1. The number of halogens is 2. The van der Waals surface area contributed by atoms with E-state index in [2.05, 4.69) is 10.3 Å². The SMILES string of the molecule is CC(C)NC(=O)Cn1c(N)nc2cc(Cl)c(F)cc21. The Morgan fingerprint density at radius 1 is 1.58 bits per heavy atom. The topological polar surface area (TPSA) is 72.9 Å². The molecule has 0 radical (unpaired) electrons.